The number of hydrogen-bond donors (Lipinski definition) is 0. The van der Waals surface area contributed by atoms with Crippen LogP contribution in [-0.4, -0.2) is 26.3 Å². The van der Waals surface area contributed by atoms with Crippen molar-refractivity contribution in [3.63, 3.8) is 0 Å². The van der Waals surface area contributed by atoms with E-state index in [1.54, 1.807) is 6.07 Å². The van der Waals surface area contributed by atoms with Crippen molar-refractivity contribution in [2.45, 2.75) is 6.92 Å². The maximum absolute atomic E-state index is 10.8. The van der Waals surface area contributed by atoms with Gasteiger partial charge < -0.3 is 9.47 Å². The van der Waals surface area contributed by atoms with Gasteiger partial charge in [0.1, 0.15) is 11.6 Å². The van der Waals surface area contributed by atoms with Crippen LogP contribution in [0.5, 0.6) is 0 Å². The van der Waals surface area contributed by atoms with Gasteiger partial charge in [-0.1, -0.05) is 0 Å². The molecule has 66 valence electrons. The van der Waals surface area contributed by atoms with Gasteiger partial charge in [0, 0.05) is 6.61 Å². The van der Waals surface area contributed by atoms with Crippen molar-refractivity contribution in [2.24, 2.45) is 0 Å². The van der Waals surface area contributed by atoms with E-state index in [4.69, 9.17) is 10.00 Å². The summed E-state index contributed by atoms with van der Waals surface area (Å²) in [5.74, 6) is -0.628. The molecule has 0 aliphatic rings. The Hall–Kier alpha value is -1.34. The number of carbonyl (C=O) groups excluding carboxylic acids is 1. The van der Waals surface area contributed by atoms with Crippen molar-refractivity contribution in [3.8, 4) is 6.07 Å². The molecule has 0 spiro atoms. The fourth-order valence-corrected chi connectivity index (χ4v) is 0.545. The van der Waals surface area contributed by atoms with E-state index in [0.29, 0.717) is 6.61 Å². The molecule has 0 aromatic rings. The van der Waals surface area contributed by atoms with Gasteiger partial charge in [0.05, 0.1) is 13.7 Å². The number of carbonyl (C=O) groups is 1. The van der Waals surface area contributed by atoms with Gasteiger partial charge in [-0.25, -0.2) is 4.79 Å². The highest BCUT2D eigenvalue weighted by Crippen LogP contribution is 1.94. The molecule has 0 bridgehead atoms. The minimum Gasteiger partial charge on any atom is -0.465 e. The highest BCUT2D eigenvalue weighted by molar-refractivity contribution is 5.92. The molecule has 0 unspecified atom stereocenters. The second-order valence-electron chi connectivity index (χ2n) is 1.88. The van der Waals surface area contributed by atoms with E-state index in [1.807, 2.05) is 6.92 Å². The zero-order chi connectivity index (χ0) is 9.40. The number of nitriles is 1. The summed E-state index contributed by atoms with van der Waals surface area (Å²) in [6.45, 7) is 2.64. The lowest BCUT2D eigenvalue weighted by atomic mass is 10.3. The summed E-state index contributed by atoms with van der Waals surface area (Å²) in [6, 6.07) is 1.72. The van der Waals surface area contributed by atoms with Crippen LogP contribution in [0.25, 0.3) is 0 Å². The molecule has 0 radical (unpaired) electrons. The average molecular weight is 169 g/mol. The fourth-order valence-electron chi connectivity index (χ4n) is 0.545. The monoisotopic (exact) mass is 169 g/mol. The maximum atomic E-state index is 10.8. The van der Waals surface area contributed by atoms with Crippen molar-refractivity contribution in [1.29, 1.82) is 5.26 Å². The molecular weight excluding hydrogens is 158 g/mol. The van der Waals surface area contributed by atoms with E-state index in [0.717, 1.165) is 0 Å². The molecule has 4 nitrogen and oxygen atoms in total. The third kappa shape index (κ3) is 3.74. The zero-order valence-corrected chi connectivity index (χ0v) is 7.16. The van der Waals surface area contributed by atoms with Crippen LogP contribution in [0.2, 0.25) is 0 Å². The van der Waals surface area contributed by atoms with Crippen LogP contribution in [0, 0.1) is 11.3 Å². The first-order chi connectivity index (χ1) is 5.76. The van der Waals surface area contributed by atoms with Crippen LogP contribution < -0.4 is 0 Å². The van der Waals surface area contributed by atoms with E-state index in [1.165, 1.54) is 13.2 Å². The molecule has 4 heteroatoms. The van der Waals surface area contributed by atoms with Crippen LogP contribution in [-0.2, 0) is 14.3 Å². The second-order valence-corrected chi connectivity index (χ2v) is 1.88. The first kappa shape index (κ1) is 10.7. The van der Waals surface area contributed by atoms with Gasteiger partial charge in [-0.2, -0.15) is 5.26 Å². The van der Waals surface area contributed by atoms with Crippen molar-refractivity contribution in [1.82, 2.24) is 0 Å². The molecule has 0 saturated carbocycles. The lowest BCUT2D eigenvalue weighted by molar-refractivity contribution is -0.135. The first-order valence-corrected chi connectivity index (χ1v) is 3.52. The molecule has 0 saturated heterocycles. The predicted octanol–water partition coefficient (Wildman–Crippen LogP) is 0.646. The molecule has 0 fully saturated rings. The van der Waals surface area contributed by atoms with Gasteiger partial charge in [-0.3, -0.25) is 0 Å². The van der Waals surface area contributed by atoms with Gasteiger partial charge in [-0.15, -0.1) is 0 Å². The standard InChI is InChI=1S/C8H11NO3/c1-3-12-5-4-7(6-9)8(10)11-2/h4H,3,5H2,1-2H3/b7-4-. The highest BCUT2D eigenvalue weighted by Gasteiger charge is 2.06. The van der Waals surface area contributed by atoms with Gasteiger partial charge in [0.15, 0.2) is 0 Å². The SMILES string of the molecule is CCOC/C=C(/C#N)C(=O)OC. The summed E-state index contributed by atoms with van der Waals surface area (Å²) in [6.07, 6.45) is 1.40. The van der Waals surface area contributed by atoms with Gasteiger partial charge in [-0.05, 0) is 13.0 Å². The summed E-state index contributed by atoms with van der Waals surface area (Å²) in [5, 5.41) is 8.45. The Balaban J connectivity index is 4.07. The number of nitrogens with zero attached hydrogens (tertiary/aromatic N) is 1. The lowest BCUT2D eigenvalue weighted by Gasteiger charge is -1.96. The fraction of sp³-hybridized carbons (Fsp3) is 0.500. The Morgan fingerprint density at radius 2 is 2.33 bits per heavy atom. The molecule has 0 atom stereocenters. The van der Waals surface area contributed by atoms with Crippen LogP contribution >= 0.6 is 0 Å². The van der Waals surface area contributed by atoms with Crippen molar-refractivity contribution in [3.05, 3.63) is 11.6 Å². The van der Waals surface area contributed by atoms with Crippen LogP contribution in [0.15, 0.2) is 11.6 Å². The van der Waals surface area contributed by atoms with E-state index in [9.17, 15) is 4.79 Å². The third-order valence-corrected chi connectivity index (χ3v) is 1.14. The Kier molecular flexibility index (Phi) is 5.66. The van der Waals surface area contributed by atoms with E-state index >= 15 is 0 Å². The summed E-state index contributed by atoms with van der Waals surface area (Å²) < 4.78 is 9.27. The van der Waals surface area contributed by atoms with Gasteiger partial charge in [0.25, 0.3) is 0 Å². The molecule has 0 aliphatic carbocycles. The molecule has 0 aliphatic heterocycles. The van der Waals surface area contributed by atoms with Gasteiger partial charge >= 0.3 is 5.97 Å². The smallest absolute Gasteiger partial charge is 0.348 e. The van der Waals surface area contributed by atoms with E-state index in [-0.39, 0.29) is 12.2 Å². The number of ether oxygens (including phenoxy) is 2. The Bertz CT molecular complexity index is 215. The van der Waals surface area contributed by atoms with Crippen LogP contribution in [0.1, 0.15) is 6.92 Å². The number of rotatable bonds is 4. The Morgan fingerprint density at radius 1 is 1.67 bits per heavy atom. The number of hydrogen-bond acceptors (Lipinski definition) is 4. The van der Waals surface area contributed by atoms with Crippen molar-refractivity contribution >= 4 is 5.97 Å². The minimum absolute atomic E-state index is 0.0223. The molecule has 0 aromatic heterocycles. The molecule has 12 heavy (non-hydrogen) atoms. The largest absolute Gasteiger partial charge is 0.465 e. The average Bonchev–Trinajstić information content (AvgIpc) is 2.11. The van der Waals surface area contributed by atoms with Crippen LogP contribution in [0.4, 0.5) is 0 Å². The van der Waals surface area contributed by atoms with E-state index < -0.39 is 5.97 Å². The third-order valence-electron chi connectivity index (χ3n) is 1.14. The molecule has 0 amide bonds. The Morgan fingerprint density at radius 3 is 2.75 bits per heavy atom. The normalized spacial score (nSPS) is 10.6. The predicted molar refractivity (Wildman–Crippen MR) is 42.2 cm³/mol. The highest BCUT2D eigenvalue weighted by atomic mass is 16.5. The number of methoxy groups -OCH3 is 1. The molecular formula is C8H11NO3. The molecule has 0 aromatic carbocycles. The second kappa shape index (κ2) is 6.38. The first-order valence-electron chi connectivity index (χ1n) is 3.52. The lowest BCUT2D eigenvalue weighted by Crippen LogP contribution is -2.04. The number of esters is 1. The van der Waals surface area contributed by atoms with Crippen molar-refractivity contribution < 1.29 is 14.3 Å². The molecule has 0 heterocycles. The molecule has 0 rings (SSSR count). The summed E-state index contributed by atoms with van der Waals surface area (Å²) in [5.41, 5.74) is -0.0223. The van der Waals surface area contributed by atoms with Crippen molar-refractivity contribution in [2.75, 3.05) is 20.3 Å². The Labute approximate surface area is 71.4 Å². The summed E-state index contributed by atoms with van der Waals surface area (Å²) in [4.78, 5) is 10.8. The zero-order valence-electron chi connectivity index (χ0n) is 7.16. The maximum Gasteiger partial charge on any atom is 0.348 e. The topological polar surface area (TPSA) is 59.3 Å². The van der Waals surface area contributed by atoms with Gasteiger partial charge in [0.2, 0.25) is 0 Å². The molecule has 0 N–H and O–H groups in total. The quantitative estimate of drug-likeness (QED) is 0.268. The minimum atomic E-state index is -0.628. The summed E-state index contributed by atoms with van der Waals surface area (Å²) in [7, 11) is 1.23. The summed E-state index contributed by atoms with van der Waals surface area (Å²) >= 11 is 0. The van der Waals surface area contributed by atoms with Crippen LogP contribution in [0.3, 0.4) is 0 Å². The van der Waals surface area contributed by atoms with E-state index in [2.05, 4.69) is 4.74 Å².